The second-order valence-electron chi connectivity index (χ2n) is 3.56. The van der Waals surface area contributed by atoms with Gasteiger partial charge < -0.3 is 4.74 Å². The predicted molar refractivity (Wildman–Crippen MR) is 67.2 cm³/mol. The van der Waals surface area contributed by atoms with Gasteiger partial charge in [-0.2, -0.15) is 0 Å². The van der Waals surface area contributed by atoms with E-state index >= 15 is 0 Å². The standard InChI is InChI=1S/C11H12BrNO4/c1-6-4-8(9(14)5-12)11(17-3)10(7(6)2)13(15)16/h4H,5H2,1-3H3. The van der Waals surface area contributed by atoms with Gasteiger partial charge in [0.25, 0.3) is 0 Å². The van der Waals surface area contributed by atoms with Crippen LogP contribution in [0.25, 0.3) is 0 Å². The molecule has 5 nitrogen and oxygen atoms in total. The van der Waals surface area contributed by atoms with Crippen LogP contribution in [0.1, 0.15) is 21.5 Å². The molecule has 92 valence electrons. The Labute approximate surface area is 107 Å². The average molecular weight is 302 g/mol. The topological polar surface area (TPSA) is 69.4 Å². The van der Waals surface area contributed by atoms with Crippen LogP contribution in [0.15, 0.2) is 6.07 Å². The van der Waals surface area contributed by atoms with Gasteiger partial charge in [0.2, 0.25) is 5.75 Å². The van der Waals surface area contributed by atoms with Gasteiger partial charge in [0, 0.05) is 5.56 Å². The van der Waals surface area contributed by atoms with E-state index in [9.17, 15) is 14.9 Å². The monoisotopic (exact) mass is 301 g/mol. The Bertz CT molecular complexity index is 485. The highest BCUT2D eigenvalue weighted by Crippen LogP contribution is 2.36. The van der Waals surface area contributed by atoms with E-state index in [1.165, 1.54) is 7.11 Å². The number of hydrogen-bond acceptors (Lipinski definition) is 4. The molecule has 0 aliphatic rings. The minimum Gasteiger partial charge on any atom is -0.490 e. The summed E-state index contributed by atoms with van der Waals surface area (Å²) in [5.74, 6) is -0.212. The first-order chi connectivity index (χ1) is 7.93. The fourth-order valence-electron chi connectivity index (χ4n) is 1.58. The summed E-state index contributed by atoms with van der Waals surface area (Å²) in [4.78, 5) is 22.2. The molecular weight excluding hydrogens is 290 g/mol. The zero-order valence-corrected chi connectivity index (χ0v) is 11.3. The van der Waals surface area contributed by atoms with Crippen LogP contribution in [0.3, 0.4) is 0 Å². The number of rotatable bonds is 4. The maximum atomic E-state index is 11.7. The molecule has 0 aliphatic heterocycles. The number of hydrogen-bond donors (Lipinski definition) is 0. The summed E-state index contributed by atoms with van der Waals surface area (Å²) in [6.45, 7) is 3.37. The van der Waals surface area contributed by atoms with Crippen molar-refractivity contribution in [3.8, 4) is 5.75 Å². The number of alkyl halides is 1. The fraction of sp³-hybridized carbons (Fsp3) is 0.364. The molecule has 1 aromatic rings. The van der Waals surface area contributed by atoms with Crippen LogP contribution in [0.5, 0.6) is 5.75 Å². The first-order valence-electron chi connectivity index (χ1n) is 4.85. The maximum Gasteiger partial charge on any atom is 0.314 e. The van der Waals surface area contributed by atoms with Crippen LogP contribution in [-0.4, -0.2) is 23.1 Å². The maximum absolute atomic E-state index is 11.7. The van der Waals surface area contributed by atoms with E-state index in [0.29, 0.717) is 11.1 Å². The molecule has 0 atom stereocenters. The molecule has 0 spiro atoms. The highest BCUT2D eigenvalue weighted by atomic mass is 79.9. The van der Waals surface area contributed by atoms with Crippen molar-refractivity contribution in [1.82, 2.24) is 0 Å². The normalized spacial score (nSPS) is 10.1. The van der Waals surface area contributed by atoms with Gasteiger partial charge in [0.15, 0.2) is 5.78 Å². The third kappa shape index (κ3) is 2.46. The number of ether oxygens (including phenoxy) is 1. The Hall–Kier alpha value is -1.43. The lowest BCUT2D eigenvalue weighted by Gasteiger charge is -2.11. The van der Waals surface area contributed by atoms with Gasteiger partial charge in [-0.05, 0) is 25.5 Å². The lowest BCUT2D eigenvalue weighted by Crippen LogP contribution is -2.08. The van der Waals surface area contributed by atoms with Gasteiger partial charge in [-0.25, -0.2) is 0 Å². The van der Waals surface area contributed by atoms with Gasteiger partial charge in [-0.3, -0.25) is 14.9 Å². The SMILES string of the molecule is COc1c(C(=O)CBr)cc(C)c(C)c1[N+](=O)[O-]. The summed E-state index contributed by atoms with van der Waals surface area (Å²) >= 11 is 3.04. The van der Waals surface area contributed by atoms with Crippen LogP contribution in [-0.2, 0) is 0 Å². The third-order valence-corrected chi connectivity index (χ3v) is 3.09. The molecule has 6 heteroatoms. The fourth-order valence-corrected chi connectivity index (χ4v) is 1.88. The highest BCUT2D eigenvalue weighted by Gasteiger charge is 2.26. The first-order valence-corrected chi connectivity index (χ1v) is 5.97. The summed E-state index contributed by atoms with van der Waals surface area (Å²) in [6.07, 6.45) is 0. The first kappa shape index (κ1) is 13.6. The van der Waals surface area contributed by atoms with Crippen LogP contribution in [0.2, 0.25) is 0 Å². The van der Waals surface area contributed by atoms with E-state index in [1.807, 2.05) is 0 Å². The number of benzene rings is 1. The third-order valence-electron chi connectivity index (χ3n) is 2.58. The Balaban J connectivity index is 3.63. The number of ketones is 1. The van der Waals surface area contributed by atoms with Crippen molar-refractivity contribution >= 4 is 27.4 Å². The predicted octanol–water partition coefficient (Wildman–Crippen LogP) is 2.80. The average Bonchev–Trinajstić information content (AvgIpc) is 2.30. The molecule has 0 aromatic heterocycles. The minimum atomic E-state index is -0.522. The molecule has 0 radical (unpaired) electrons. The number of carbonyl (C=O) groups is 1. The van der Waals surface area contributed by atoms with E-state index in [-0.39, 0.29) is 28.1 Å². The van der Waals surface area contributed by atoms with E-state index in [1.54, 1.807) is 19.9 Å². The van der Waals surface area contributed by atoms with Crippen molar-refractivity contribution in [2.24, 2.45) is 0 Å². The van der Waals surface area contributed by atoms with Crippen LogP contribution < -0.4 is 4.74 Å². The van der Waals surface area contributed by atoms with Crippen molar-refractivity contribution in [2.45, 2.75) is 13.8 Å². The van der Waals surface area contributed by atoms with Crippen molar-refractivity contribution in [3.63, 3.8) is 0 Å². The molecule has 0 aliphatic carbocycles. The van der Waals surface area contributed by atoms with E-state index in [4.69, 9.17) is 4.74 Å². The Morgan fingerprint density at radius 1 is 1.53 bits per heavy atom. The van der Waals surface area contributed by atoms with Gasteiger partial charge in [0.1, 0.15) is 0 Å². The Morgan fingerprint density at radius 2 is 2.12 bits per heavy atom. The second kappa shape index (κ2) is 5.27. The number of methoxy groups -OCH3 is 1. The second-order valence-corrected chi connectivity index (χ2v) is 4.12. The number of nitro benzene ring substituents is 1. The van der Waals surface area contributed by atoms with Crippen LogP contribution >= 0.6 is 15.9 Å². The lowest BCUT2D eigenvalue weighted by atomic mass is 10.0. The number of nitro groups is 1. The zero-order chi connectivity index (χ0) is 13.2. The van der Waals surface area contributed by atoms with E-state index < -0.39 is 4.92 Å². The van der Waals surface area contributed by atoms with Crippen molar-refractivity contribution in [2.75, 3.05) is 12.4 Å². The molecule has 0 unspecified atom stereocenters. The summed E-state index contributed by atoms with van der Waals surface area (Å²) in [7, 11) is 1.32. The summed E-state index contributed by atoms with van der Waals surface area (Å²) in [5.41, 5.74) is 1.30. The molecule has 1 rings (SSSR count). The van der Waals surface area contributed by atoms with Gasteiger partial charge in [0.05, 0.1) is 22.9 Å². The molecule has 0 bridgehead atoms. The molecule has 17 heavy (non-hydrogen) atoms. The molecular formula is C11H12BrNO4. The Morgan fingerprint density at radius 3 is 2.53 bits per heavy atom. The van der Waals surface area contributed by atoms with Crippen LogP contribution in [0, 0.1) is 24.0 Å². The summed E-state index contributed by atoms with van der Waals surface area (Å²) in [6, 6.07) is 1.62. The summed E-state index contributed by atoms with van der Waals surface area (Å²) in [5, 5.41) is 11.1. The number of halogens is 1. The molecule has 0 saturated heterocycles. The summed E-state index contributed by atoms with van der Waals surface area (Å²) < 4.78 is 5.01. The Kier molecular flexibility index (Phi) is 4.22. The number of nitrogens with zero attached hydrogens (tertiary/aromatic N) is 1. The number of carbonyl (C=O) groups excluding carboxylic acids is 1. The molecule has 0 fully saturated rings. The van der Waals surface area contributed by atoms with E-state index in [0.717, 1.165) is 0 Å². The van der Waals surface area contributed by atoms with E-state index in [2.05, 4.69) is 15.9 Å². The molecule has 0 amide bonds. The number of Topliss-reactive ketones (excluding diaryl/α,β-unsaturated/α-hetero) is 1. The smallest absolute Gasteiger partial charge is 0.314 e. The number of aryl methyl sites for hydroxylation is 1. The van der Waals surface area contributed by atoms with Crippen molar-refractivity contribution in [3.05, 3.63) is 32.9 Å². The highest BCUT2D eigenvalue weighted by molar-refractivity contribution is 9.09. The minimum absolute atomic E-state index is 0.0301. The zero-order valence-electron chi connectivity index (χ0n) is 9.74. The van der Waals surface area contributed by atoms with Crippen molar-refractivity contribution < 1.29 is 14.5 Å². The van der Waals surface area contributed by atoms with Crippen molar-refractivity contribution in [1.29, 1.82) is 0 Å². The van der Waals surface area contributed by atoms with Crippen LogP contribution in [0.4, 0.5) is 5.69 Å². The lowest BCUT2D eigenvalue weighted by molar-refractivity contribution is -0.386. The van der Waals surface area contributed by atoms with Gasteiger partial charge in [-0.15, -0.1) is 0 Å². The van der Waals surface area contributed by atoms with Gasteiger partial charge >= 0.3 is 5.69 Å². The molecule has 0 N–H and O–H groups in total. The molecule has 0 heterocycles. The quantitative estimate of drug-likeness (QED) is 0.371. The molecule has 1 aromatic carbocycles. The molecule has 0 saturated carbocycles. The van der Waals surface area contributed by atoms with Gasteiger partial charge in [-0.1, -0.05) is 15.9 Å². The largest absolute Gasteiger partial charge is 0.490 e.